The minimum Gasteiger partial charge on any atom is -0.311 e. The van der Waals surface area contributed by atoms with Crippen LogP contribution in [-0.2, 0) is 20.0 Å². The minimum absolute atomic E-state index is 0.733. The van der Waals surface area contributed by atoms with Gasteiger partial charge < -0.3 is 5.32 Å². The number of rotatable bonds is 5. The summed E-state index contributed by atoms with van der Waals surface area (Å²) in [7, 11) is 1.91. The summed E-state index contributed by atoms with van der Waals surface area (Å²) in [5.74, 6) is 0. The zero-order chi connectivity index (χ0) is 13.0. The topological polar surface area (TPSA) is 42.7 Å². The normalized spacial score (nSPS) is 10.8. The summed E-state index contributed by atoms with van der Waals surface area (Å²) >= 11 is 6.18. The molecule has 0 saturated carbocycles. The third-order valence-corrected chi connectivity index (χ3v) is 3.36. The van der Waals surface area contributed by atoms with E-state index in [-0.39, 0.29) is 0 Å². The molecule has 0 unspecified atom stereocenters. The molecule has 0 aromatic carbocycles. The van der Waals surface area contributed by atoms with E-state index in [2.05, 4.69) is 21.5 Å². The third-order valence-electron chi connectivity index (χ3n) is 2.87. The fraction of sp³-hybridized carbons (Fsp3) is 0.385. The molecule has 0 spiro atoms. The van der Waals surface area contributed by atoms with Crippen molar-refractivity contribution in [3.63, 3.8) is 0 Å². The summed E-state index contributed by atoms with van der Waals surface area (Å²) in [5, 5.41) is 8.41. The molecule has 96 valence electrons. The molecule has 2 aromatic rings. The molecular formula is C13H17ClN4. The van der Waals surface area contributed by atoms with E-state index >= 15 is 0 Å². The Hall–Kier alpha value is -1.39. The van der Waals surface area contributed by atoms with Crippen LogP contribution in [0.15, 0.2) is 24.5 Å². The van der Waals surface area contributed by atoms with Crippen molar-refractivity contribution in [3.05, 3.63) is 46.5 Å². The zero-order valence-corrected chi connectivity index (χ0v) is 11.4. The molecule has 0 aliphatic carbocycles. The van der Waals surface area contributed by atoms with E-state index in [1.165, 1.54) is 5.56 Å². The lowest BCUT2D eigenvalue weighted by molar-refractivity contribution is 0.624. The van der Waals surface area contributed by atoms with Crippen molar-refractivity contribution >= 4 is 11.6 Å². The second-order valence-corrected chi connectivity index (χ2v) is 4.64. The van der Waals surface area contributed by atoms with Crippen LogP contribution in [0, 0.1) is 6.92 Å². The van der Waals surface area contributed by atoms with Crippen LogP contribution in [-0.4, -0.2) is 21.3 Å². The highest BCUT2D eigenvalue weighted by molar-refractivity contribution is 6.31. The fourth-order valence-corrected chi connectivity index (χ4v) is 2.08. The number of aromatic nitrogens is 3. The summed E-state index contributed by atoms with van der Waals surface area (Å²) in [4.78, 5) is 4.09. The summed E-state index contributed by atoms with van der Waals surface area (Å²) in [5.41, 5.74) is 3.14. The summed E-state index contributed by atoms with van der Waals surface area (Å²) in [6.07, 6.45) is 4.64. The standard InChI is InChI=1S/C13H17ClN4/c1-10-13(14)12(18(2)17-10)9-16-7-5-11-4-3-6-15-8-11/h3-4,6,8,16H,5,7,9H2,1-2H3. The molecule has 2 heterocycles. The molecule has 0 fully saturated rings. The number of halogens is 1. The van der Waals surface area contributed by atoms with Crippen molar-refractivity contribution in [2.24, 2.45) is 7.05 Å². The van der Waals surface area contributed by atoms with Gasteiger partial charge in [0.15, 0.2) is 0 Å². The number of aryl methyl sites for hydroxylation is 2. The van der Waals surface area contributed by atoms with Crippen molar-refractivity contribution in [3.8, 4) is 0 Å². The maximum atomic E-state index is 6.18. The average molecular weight is 265 g/mol. The molecule has 4 nitrogen and oxygen atoms in total. The highest BCUT2D eigenvalue weighted by atomic mass is 35.5. The molecule has 5 heteroatoms. The van der Waals surface area contributed by atoms with Gasteiger partial charge in [0.25, 0.3) is 0 Å². The van der Waals surface area contributed by atoms with Crippen LogP contribution in [0.1, 0.15) is 17.0 Å². The zero-order valence-electron chi connectivity index (χ0n) is 10.7. The number of pyridine rings is 1. The molecule has 0 aliphatic heterocycles. The first-order valence-corrected chi connectivity index (χ1v) is 6.34. The second-order valence-electron chi connectivity index (χ2n) is 4.26. The van der Waals surface area contributed by atoms with Crippen LogP contribution in [0.2, 0.25) is 5.02 Å². The molecule has 2 aromatic heterocycles. The largest absolute Gasteiger partial charge is 0.311 e. The van der Waals surface area contributed by atoms with Crippen molar-refractivity contribution in [1.82, 2.24) is 20.1 Å². The first-order chi connectivity index (χ1) is 8.68. The minimum atomic E-state index is 0.733. The maximum absolute atomic E-state index is 6.18. The van der Waals surface area contributed by atoms with Gasteiger partial charge in [0.1, 0.15) is 0 Å². The van der Waals surface area contributed by atoms with Gasteiger partial charge in [-0.1, -0.05) is 17.7 Å². The molecule has 0 radical (unpaired) electrons. The molecule has 0 atom stereocenters. The number of nitrogens with one attached hydrogen (secondary N) is 1. The highest BCUT2D eigenvalue weighted by Gasteiger charge is 2.09. The molecule has 0 amide bonds. The Kier molecular flexibility index (Phi) is 4.33. The van der Waals surface area contributed by atoms with Crippen LogP contribution in [0.3, 0.4) is 0 Å². The second kappa shape index (κ2) is 5.98. The molecule has 0 aliphatic rings. The van der Waals surface area contributed by atoms with Crippen molar-refractivity contribution in [2.45, 2.75) is 19.9 Å². The third kappa shape index (κ3) is 3.09. The summed E-state index contributed by atoms with van der Waals surface area (Å²) < 4.78 is 1.83. The van der Waals surface area contributed by atoms with E-state index in [4.69, 9.17) is 11.6 Å². The van der Waals surface area contributed by atoms with Crippen molar-refractivity contribution in [2.75, 3.05) is 6.54 Å². The molecule has 2 rings (SSSR count). The van der Waals surface area contributed by atoms with Gasteiger partial charge in [-0.25, -0.2) is 0 Å². The quantitative estimate of drug-likeness (QED) is 0.841. The van der Waals surface area contributed by atoms with Gasteiger partial charge in [0, 0.05) is 26.0 Å². The average Bonchev–Trinajstić information content (AvgIpc) is 2.61. The molecular weight excluding hydrogens is 248 g/mol. The highest BCUT2D eigenvalue weighted by Crippen LogP contribution is 2.18. The van der Waals surface area contributed by atoms with Gasteiger partial charge in [-0.05, 0) is 31.5 Å². The molecule has 0 saturated heterocycles. The number of hydrogen-bond acceptors (Lipinski definition) is 3. The Bertz CT molecular complexity index is 507. The van der Waals surface area contributed by atoms with Crippen LogP contribution in [0.5, 0.6) is 0 Å². The Balaban J connectivity index is 1.82. The summed E-state index contributed by atoms with van der Waals surface area (Å²) in [6, 6.07) is 4.03. The van der Waals surface area contributed by atoms with E-state index < -0.39 is 0 Å². The van der Waals surface area contributed by atoms with Crippen LogP contribution < -0.4 is 5.32 Å². The maximum Gasteiger partial charge on any atom is 0.0860 e. The van der Waals surface area contributed by atoms with Crippen LogP contribution >= 0.6 is 11.6 Å². The van der Waals surface area contributed by atoms with Gasteiger partial charge in [0.05, 0.1) is 16.4 Å². The fourth-order valence-electron chi connectivity index (χ4n) is 1.86. The van der Waals surface area contributed by atoms with E-state index in [0.717, 1.165) is 35.9 Å². The Morgan fingerprint density at radius 2 is 2.28 bits per heavy atom. The number of nitrogens with zero attached hydrogens (tertiary/aromatic N) is 3. The van der Waals surface area contributed by atoms with Crippen molar-refractivity contribution < 1.29 is 0 Å². The van der Waals surface area contributed by atoms with Gasteiger partial charge >= 0.3 is 0 Å². The smallest absolute Gasteiger partial charge is 0.0860 e. The molecule has 18 heavy (non-hydrogen) atoms. The lowest BCUT2D eigenvalue weighted by Gasteiger charge is -2.05. The lowest BCUT2D eigenvalue weighted by atomic mass is 10.2. The predicted octanol–water partition coefficient (Wildman–Crippen LogP) is 2.11. The SMILES string of the molecule is Cc1nn(C)c(CNCCc2cccnc2)c1Cl. The summed E-state index contributed by atoms with van der Waals surface area (Å²) in [6.45, 7) is 3.55. The lowest BCUT2D eigenvalue weighted by Crippen LogP contribution is -2.18. The molecule has 1 N–H and O–H groups in total. The monoisotopic (exact) mass is 264 g/mol. The van der Waals surface area contributed by atoms with E-state index in [1.54, 1.807) is 6.20 Å². The van der Waals surface area contributed by atoms with Gasteiger partial charge in [-0.2, -0.15) is 5.10 Å². The van der Waals surface area contributed by atoms with Crippen LogP contribution in [0.25, 0.3) is 0 Å². The van der Waals surface area contributed by atoms with E-state index in [0.29, 0.717) is 0 Å². The van der Waals surface area contributed by atoms with Gasteiger partial charge in [-0.3, -0.25) is 9.67 Å². The predicted molar refractivity (Wildman–Crippen MR) is 72.6 cm³/mol. The van der Waals surface area contributed by atoms with Crippen LogP contribution in [0.4, 0.5) is 0 Å². The van der Waals surface area contributed by atoms with Gasteiger partial charge in [0.2, 0.25) is 0 Å². The number of hydrogen-bond donors (Lipinski definition) is 1. The Morgan fingerprint density at radius 3 is 2.89 bits per heavy atom. The van der Waals surface area contributed by atoms with E-state index in [1.807, 2.05) is 30.9 Å². The first kappa shape index (κ1) is 13.1. The van der Waals surface area contributed by atoms with E-state index in [9.17, 15) is 0 Å². The van der Waals surface area contributed by atoms with Crippen molar-refractivity contribution in [1.29, 1.82) is 0 Å². The van der Waals surface area contributed by atoms with Gasteiger partial charge in [-0.15, -0.1) is 0 Å². The molecule has 0 bridgehead atoms. The Labute approximate surface area is 112 Å². The Morgan fingerprint density at radius 1 is 1.44 bits per heavy atom. The first-order valence-electron chi connectivity index (χ1n) is 5.96.